The summed E-state index contributed by atoms with van der Waals surface area (Å²) in [6.45, 7) is 0.779. The zero-order valence-electron chi connectivity index (χ0n) is 5.17. The van der Waals surface area contributed by atoms with E-state index in [2.05, 4.69) is 0 Å². The normalized spacial score (nSPS) is 22.8. The van der Waals surface area contributed by atoms with Crippen molar-refractivity contribution < 1.29 is 14.6 Å². The van der Waals surface area contributed by atoms with Crippen molar-refractivity contribution in [1.82, 2.24) is 0 Å². The second-order valence-electron chi connectivity index (χ2n) is 2.42. The highest BCUT2D eigenvalue weighted by Gasteiger charge is 2.34. The van der Waals surface area contributed by atoms with Gasteiger partial charge in [0.05, 0.1) is 13.2 Å². The van der Waals surface area contributed by atoms with E-state index in [4.69, 9.17) is 4.74 Å². The molecule has 9 heavy (non-hydrogen) atoms. The number of aliphatic hydroxyl groups is 1. The minimum atomic E-state index is -0.680. The fourth-order valence-corrected chi connectivity index (χ4v) is 0.810. The van der Waals surface area contributed by atoms with Crippen molar-refractivity contribution in [1.29, 1.82) is 0 Å². The predicted octanol–water partition coefficient (Wildman–Crippen LogP) is -0.273. The lowest BCUT2D eigenvalue weighted by Gasteiger charge is -2.35. The number of ether oxygens (including phenoxy) is 1. The molecule has 3 nitrogen and oxygen atoms in total. The molecule has 0 unspecified atom stereocenters. The third-order valence-electron chi connectivity index (χ3n) is 1.47. The minimum Gasteiger partial charge on any atom is -0.385 e. The van der Waals surface area contributed by atoms with Crippen molar-refractivity contribution >= 4 is 6.29 Å². The second-order valence-corrected chi connectivity index (χ2v) is 2.42. The lowest BCUT2D eigenvalue weighted by molar-refractivity contribution is -0.181. The van der Waals surface area contributed by atoms with Crippen LogP contribution in [-0.4, -0.2) is 30.2 Å². The summed E-state index contributed by atoms with van der Waals surface area (Å²) in [6.07, 6.45) is 1.78. The van der Waals surface area contributed by atoms with Crippen LogP contribution < -0.4 is 0 Å². The van der Waals surface area contributed by atoms with Gasteiger partial charge in [-0.25, -0.2) is 0 Å². The maximum atomic E-state index is 9.84. The Labute approximate surface area is 53.6 Å². The molecule has 52 valence electrons. The predicted molar refractivity (Wildman–Crippen MR) is 31.1 cm³/mol. The van der Waals surface area contributed by atoms with Gasteiger partial charge in [-0.05, 0) is 6.42 Å². The molecule has 1 aliphatic rings. The Kier molecular flexibility index (Phi) is 1.83. The maximum Gasteiger partial charge on any atom is 0.120 e. The molecule has 0 aromatic rings. The second kappa shape index (κ2) is 2.45. The number of carbonyl (C=O) groups is 1. The molecule has 1 aliphatic heterocycles. The van der Waals surface area contributed by atoms with E-state index in [1.54, 1.807) is 0 Å². The first-order chi connectivity index (χ1) is 4.27. The van der Waals surface area contributed by atoms with Crippen LogP contribution in [0.4, 0.5) is 0 Å². The highest BCUT2D eigenvalue weighted by Crippen LogP contribution is 2.21. The van der Waals surface area contributed by atoms with Gasteiger partial charge in [0.1, 0.15) is 11.9 Å². The van der Waals surface area contributed by atoms with Crippen LogP contribution in [-0.2, 0) is 9.53 Å². The van der Waals surface area contributed by atoms with Crippen molar-refractivity contribution in [3.8, 4) is 0 Å². The summed E-state index contributed by atoms with van der Waals surface area (Å²) in [7, 11) is 0. The SMILES string of the molecule is O=CCCC1(O)COC1. The van der Waals surface area contributed by atoms with Gasteiger partial charge in [-0.2, -0.15) is 0 Å². The van der Waals surface area contributed by atoms with Gasteiger partial charge in [0.2, 0.25) is 0 Å². The fraction of sp³-hybridized carbons (Fsp3) is 0.833. The van der Waals surface area contributed by atoms with Gasteiger partial charge < -0.3 is 14.6 Å². The molecule has 1 fully saturated rings. The maximum absolute atomic E-state index is 9.84. The van der Waals surface area contributed by atoms with Gasteiger partial charge in [0.25, 0.3) is 0 Å². The molecule has 0 spiro atoms. The van der Waals surface area contributed by atoms with Crippen molar-refractivity contribution in [2.24, 2.45) is 0 Å². The van der Waals surface area contributed by atoms with Crippen LogP contribution in [0, 0.1) is 0 Å². The quantitative estimate of drug-likeness (QED) is 0.535. The lowest BCUT2D eigenvalue weighted by atomic mass is 9.97. The van der Waals surface area contributed by atoms with Crippen LogP contribution in [0.2, 0.25) is 0 Å². The summed E-state index contributed by atoms with van der Waals surface area (Å²) >= 11 is 0. The fourth-order valence-electron chi connectivity index (χ4n) is 0.810. The van der Waals surface area contributed by atoms with E-state index in [9.17, 15) is 9.90 Å². The molecule has 0 aromatic heterocycles. The molecule has 1 saturated heterocycles. The van der Waals surface area contributed by atoms with E-state index in [1.807, 2.05) is 0 Å². The number of aldehydes is 1. The number of hydrogen-bond acceptors (Lipinski definition) is 3. The first kappa shape index (κ1) is 6.71. The zero-order valence-corrected chi connectivity index (χ0v) is 5.17. The first-order valence-corrected chi connectivity index (χ1v) is 3.01. The van der Waals surface area contributed by atoms with Crippen LogP contribution in [0.1, 0.15) is 12.8 Å². The molecule has 1 N–H and O–H groups in total. The summed E-state index contributed by atoms with van der Waals surface area (Å²) in [4.78, 5) is 9.84. The van der Waals surface area contributed by atoms with Gasteiger partial charge in [-0.3, -0.25) is 0 Å². The Bertz CT molecular complexity index is 107. The molecule has 3 heteroatoms. The average molecular weight is 130 g/mol. The summed E-state index contributed by atoms with van der Waals surface area (Å²) < 4.78 is 4.77. The first-order valence-electron chi connectivity index (χ1n) is 3.01. The van der Waals surface area contributed by atoms with Gasteiger partial charge in [0, 0.05) is 6.42 Å². The van der Waals surface area contributed by atoms with Gasteiger partial charge in [-0.1, -0.05) is 0 Å². The summed E-state index contributed by atoms with van der Waals surface area (Å²) in [5.74, 6) is 0. The van der Waals surface area contributed by atoms with Crippen molar-refractivity contribution in [2.75, 3.05) is 13.2 Å². The molecule has 0 aliphatic carbocycles. The van der Waals surface area contributed by atoms with Crippen molar-refractivity contribution in [3.63, 3.8) is 0 Å². The Morgan fingerprint density at radius 2 is 2.33 bits per heavy atom. The Morgan fingerprint density at radius 1 is 1.67 bits per heavy atom. The molecule has 0 bridgehead atoms. The molecule has 0 atom stereocenters. The summed E-state index contributed by atoms with van der Waals surface area (Å²) in [5.41, 5.74) is -0.680. The van der Waals surface area contributed by atoms with E-state index in [1.165, 1.54) is 0 Å². The summed E-state index contributed by atoms with van der Waals surface area (Å²) in [5, 5.41) is 9.26. The molecule has 0 amide bonds. The van der Waals surface area contributed by atoms with Crippen LogP contribution in [0.25, 0.3) is 0 Å². The number of hydrogen-bond donors (Lipinski definition) is 1. The Hall–Kier alpha value is -0.410. The summed E-state index contributed by atoms with van der Waals surface area (Å²) in [6, 6.07) is 0. The van der Waals surface area contributed by atoms with Gasteiger partial charge >= 0.3 is 0 Å². The van der Waals surface area contributed by atoms with E-state index >= 15 is 0 Å². The monoisotopic (exact) mass is 130 g/mol. The van der Waals surface area contributed by atoms with Crippen LogP contribution in [0.5, 0.6) is 0 Å². The molecule has 0 radical (unpaired) electrons. The molecular weight excluding hydrogens is 120 g/mol. The number of rotatable bonds is 3. The highest BCUT2D eigenvalue weighted by molar-refractivity contribution is 5.49. The average Bonchev–Trinajstić information content (AvgIpc) is 1.79. The van der Waals surface area contributed by atoms with Crippen LogP contribution >= 0.6 is 0 Å². The standard InChI is InChI=1S/C6H10O3/c7-3-1-2-6(8)4-9-5-6/h3,8H,1-2,4-5H2. The van der Waals surface area contributed by atoms with Gasteiger partial charge in [-0.15, -0.1) is 0 Å². The lowest BCUT2D eigenvalue weighted by Crippen LogP contribution is -2.49. The van der Waals surface area contributed by atoms with Crippen LogP contribution in [0.15, 0.2) is 0 Å². The van der Waals surface area contributed by atoms with E-state index in [0.717, 1.165) is 6.29 Å². The van der Waals surface area contributed by atoms with E-state index < -0.39 is 5.60 Å². The topological polar surface area (TPSA) is 46.5 Å². The Morgan fingerprint density at radius 3 is 2.67 bits per heavy atom. The molecular formula is C6H10O3. The van der Waals surface area contributed by atoms with E-state index in [0.29, 0.717) is 26.1 Å². The largest absolute Gasteiger partial charge is 0.385 e. The minimum absolute atomic E-state index is 0.390. The van der Waals surface area contributed by atoms with Crippen LogP contribution in [0.3, 0.4) is 0 Å². The van der Waals surface area contributed by atoms with Gasteiger partial charge in [0.15, 0.2) is 0 Å². The molecule has 1 rings (SSSR count). The molecule has 0 saturated carbocycles. The highest BCUT2D eigenvalue weighted by atomic mass is 16.5. The van der Waals surface area contributed by atoms with Crippen molar-refractivity contribution in [3.05, 3.63) is 0 Å². The third-order valence-corrected chi connectivity index (χ3v) is 1.47. The number of carbonyl (C=O) groups excluding carboxylic acids is 1. The zero-order chi connectivity index (χ0) is 6.74. The van der Waals surface area contributed by atoms with E-state index in [-0.39, 0.29) is 0 Å². The molecule has 1 heterocycles. The molecule has 0 aromatic carbocycles. The Balaban J connectivity index is 2.16. The third kappa shape index (κ3) is 1.50. The smallest absolute Gasteiger partial charge is 0.120 e. The van der Waals surface area contributed by atoms with Crippen molar-refractivity contribution in [2.45, 2.75) is 18.4 Å².